The van der Waals surface area contributed by atoms with Gasteiger partial charge < -0.3 is 5.32 Å². The summed E-state index contributed by atoms with van der Waals surface area (Å²) < 4.78 is 0. The van der Waals surface area contributed by atoms with Gasteiger partial charge in [0.15, 0.2) is 29.4 Å². The average Bonchev–Trinajstić information content (AvgIpc) is 3.29. The lowest BCUT2D eigenvalue weighted by Crippen LogP contribution is -2.13. The molecule has 0 spiro atoms. The summed E-state index contributed by atoms with van der Waals surface area (Å²) in [6.45, 7) is 6.71. The van der Waals surface area contributed by atoms with Crippen molar-refractivity contribution >= 4 is 63.8 Å². The van der Waals surface area contributed by atoms with Gasteiger partial charge in [-0.15, -0.1) is 0 Å². The fourth-order valence-corrected chi connectivity index (χ4v) is 11.1. The molecule has 1 nitrogen and oxygen atoms in total. The zero-order valence-electron chi connectivity index (χ0n) is 34.2. The van der Waals surface area contributed by atoms with E-state index in [0.717, 1.165) is 6.54 Å². The van der Waals surface area contributed by atoms with Crippen LogP contribution in [0.15, 0.2) is 236 Å². The Balaban J connectivity index is 0.000000173. The van der Waals surface area contributed by atoms with Crippen LogP contribution < -0.4 is 5.32 Å². The van der Waals surface area contributed by atoms with E-state index in [2.05, 4.69) is 225 Å². The molecule has 57 heavy (non-hydrogen) atoms. The molecule has 0 saturated heterocycles. The lowest BCUT2D eigenvalue weighted by molar-refractivity contribution is 0.703. The van der Waals surface area contributed by atoms with Crippen LogP contribution in [-0.2, 0) is 21.8 Å². The number of hydrogen-bond acceptors (Lipinski definition) is 1. The quantitative estimate of drug-likeness (QED) is 0.0779. The highest BCUT2D eigenvalue weighted by molar-refractivity contribution is 7.97. The molecule has 0 radical (unpaired) electrons. The van der Waals surface area contributed by atoms with Crippen LogP contribution in [0.1, 0.15) is 26.7 Å². The van der Waals surface area contributed by atoms with Gasteiger partial charge in [-0.2, -0.15) is 0 Å². The van der Waals surface area contributed by atoms with Gasteiger partial charge in [-0.3, -0.25) is 0 Å². The highest BCUT2D eigenvalue weighted by atomic mass is 32.2. The first-order valence-corrected chi connectivity index (χ1v) is 25.8. The maximum atomic E-state index is 3.27. The second kappa shape index (κ2) is 24.9. The molecule has 0 aromatic heterocycles. The van der Waals surface area contributed by atoms with Crippen LogP contribution in [0.3, 0.4) is 0 Å². The van der Waals surface area contributed by atoms with Crippen molar-refractivity contribution in [3.8, 4) is 0 Å². The first kappa shape index (κ1) is 43.5. The third-order valence-corrected chi connectivity index (χ3v) is 15.6. The van der Waals surface area contributed by atoms with E-state index < -0.39 is 0 Å². The molecule has 0 fully saturated rings. The molecule has 0 aliphatic heterocycles. The van der Waals surface area contributed by atoms with Crippen molar-refractivity contribution in [2.24, 2.45) is 0 Å². The molecule has 0 atom stereocenters. The summed E-state index contributed by atoms with van der Waals surface area (Å²) in [5.41, 5.74) is 0. The van der Waals surface area contributed by atoms with Crippen molar-refractivity contribution in [2.75, 3.05) is 13.1 Å². The third-order valence-electron chi connectivity index (χ3n) is 9.31. The van der Waals surface area contributed by atoms with Gasteiger partial charge in [0.05, 0.1) is 21.8 Å². The van der Waals surface area contributed by atoms with Gasteiger partial charge in [0.2, 0.25) is 0 Å². The largest absolute Gasteiger partial charge is 0.317 e. The van der Waals surface area contributed by atoms with Crippen LogP contribution in [0.5, 0.6) is 0 Å². The second-order valence-corrected chi connectivity index (χ2v) is 19.5. The van der Waals surface area contributed by atoms with Crippen molar-refractivity contribution in [3.05, 3.63) is 206 Å². The predicted molar refractivity (Wildman–Crippen MR) is 261 cm³/mol. The number of benzene rings is 8. The molecule has 8 rings (SSSR count). The van der Waals surface area contributed by atoms with Gasteiger partial charge in [-0.1, -0.05) is 166 Å². The Morgan fingerprint density at radius 3 is 1.02 bits per heavy atom. The van der Waals surface area contributed by atoms with E-state index in [1.165, 1.54) is 103 Å². The van der Waals surface area contributed by atoms with E-state index in [9.17, 15) is 0 Å². The molecule has 0 bridgehead atoms. The first-order chi connectivity index (χ1) is 28.2. The van der Waals surface area contributed by atoms with E-state index in [1.54, 1.807) is 0 Å². The van der Waals surface area contributed by atoms with Gasteiger partial charge in [0.1, 0.15) is 0 Å². The summed E-state index contributed by atoms with van der Waals surface area (Å²) in [6, 6.07) is 76.7. The third kappa shape index (κ3) is 12.9. The van der Waals surface area contributed by atoms with Gasteiger partial charge >= 0.3 is 0 Å². The van der Waals surface area contributed by atoms with Crippen LogP contribution in [0.2, 0.25) is 12.1 Å². The summed E-state index contributed by atoms with van der Waals surface area (Å²) >= 11 is 0. The lowest BCUT2D eigenvalue weighted by atomic mass is 10.1. The number of rotatable bonds is 11. The molecule has 0 unspecified atom stereocenters. The van der Waals surface area contributed by atoms with Crippen molar-refractivity contribution in [1.29, 1.82) is 0 Å². The number of fused-ring (bicyclic) bond motifs is 2. The summed E-state index contributed by atoms with van der Waals surface area (Å²) in [5.74, 6) is 0. The minimum absolute atomic E-state index is 0.0892. The van der Waals surface area contributed by atoms with E-state index >= 15 is 0 Å². The Bertz CT molecular complexity index is 2030. The van der Waals surface area contributed by atoms with Crippen LogP contribution in [0, 0.1) is 0 Å². The molecule has 0 heterocycles. The van der Waals surface area contributed by atoms with Gasteiger partial charge in [-0.05, 0) is 103 Å². The van der Waals surface area contributed by atoms with Gasteiger partial charge in [0, 0.05) is 31.3 Å². The minimum atomic E-state index is -0.0892. The van der Waals surface area contributed by atoms with E-state index in [1.807, 2.05) is 0 Å². The van der Waals surface area contributed by atoms with Gasteiger partial charge in [0.25, 0.3) is 0 Å². The topological polar surface area (TPSA) is 12.0 Å². The molecule has 0 aliphatic carbocycles. The zero-order valence-corrected chi connectivity index (χ0v) is 39.8. The van der Waals surface area contributed by atoms with Crippen LogP contribution in [-0.4, -0.2) is 33.6 Å². The second-order valence-electron chi connectivity index (χ2n) is 13.5. The highest BCUT2D eigenvalue weighted by Crippen LogP contribution is 2.36. The Hall–Kier alpha value is -4.63. The molecule has 1 N–H and O–H groups in total. The summed E-state index contributed by atoms with van der Waals surface area (Å²) in [4.78, 5) is 8.20. The van der Waals surface area contributed by atoms with Crippen LogP contribution >= 0.6 is 0 Å². The zero-order chi connectivity index (χ0) is 39.9. The fourth-order valence-electron chi connectivity index (χ4n) is 6.23. The van der Waals surface area contributed by atoms with Crippen LogP contribution in [0.4, 0.5) is 0 Å². The molecule has 8 aromatic rings. The lowest BCUT2D eigenvalue weighted by Gasteiger charge is -2.10. The summed E-state index contributed by atoms with van der Waals surface area (Å²) in [5, 5.41) is 8.55. The van der Waals surface area contributed by atoms with Crippen LogP contribution in [0.25, 0.3) is 21.5 Å². The standard InChI is InChI=1S/2C22H17S.C5H15NSi.C3H10Si/c2*1-3-12-19(13-4-1)23(20-14-5-2-6-15-20)22-17-9-11-18-10-7-8-16-21(18)22;1-2-6-4-3-5-7;1-2-3-4/h2*1-17H;6H,2-5H2,1,7H3;2-3H2,1,4H3/q2*+1;;. The van der Waals surface area contributed by atoms with Gasteiger partial charge in [-0.25, -0.2) is 0 Å². The maximum absolute atomic E-state index is 3.27. The SMILES string of the molecule is CCC[SiH3].CCNCCC[SiH3].c1ccc([S+](c2ccccc2)c2cccc3ccccc23)cc1.c1ccc([S+](c2ccccc2)c2cccc3ccccc23)cc1. The highest BCUT2D eigenvalue weighted by Gasteiger charge is 2.31. The van der Waals surface area contributed by atoms with Crippen molar-refractivity contribution < 1.29 is 0 Å². The van der Waals surface area contributed by atoms with Crippen molar-refractivity contribution in [2.45, 2.75) is 68.2 Å². The molecule has 5 heteroatoms. The Labute approximate surface area is 354 Å². The van der Waals surface area contributed by atoms with Crippen molar-refractivity contribution in [1.82, 2.24) is 5.32 Å². The Morgan fingerprint density at radius 1 is 0.386 bits per heavy atom. The maximum Gasteiger partial charge on any atom is 0.174 e. The molecule has 0 saturated carbocycles. The van der Waals surface area contributed by atoms with E-state index in [4.69, 9.17) is 0 Å². The normalized spacial score (nSPS) is 10.7. The molecular formula is C52H59NS2Si2+2. The summed E-state index contributed by atoms with van der Waals surface area (Å²) in [6.07, 6.45) is 2.76. The monoisotopic (exact) mass is 817 g/mol. The minimum Gasteiger partial charge on any atom is -0.317 e. The molecule has 8 aromatic carbocycles. The first-order valence-electron chi connectivity index (χ1n) is 20.5. The van der Waals surface area contributed by atoms with E-state index in [0.29, 0.717) is 0 Å². The summed E-state index contributed by atoms with van der Waals surface area (Å²) in [7, 11) is 2.58. The Morgan fingerprint density at radius 2 is 0.702 bits per heavy atom. The smallest absolute Gasteiger partial charge is 0.174 e. The fraction of sp³-hybridized carbons (Fsp3) is 0.154. The molecule has 0 amide bonds. The number of nitrogens with one attached hydrogen (secondary N) is 1. The molecular weight excluding hydrogens is 759 g/mol. The van der Waals surface area contributed by atoms with E-state index in [-0.39, 0.29) is 21.8 Å². The average molecular weight is 818 g/mol. The van der Waals surface area contributed by atoms with Crippen molar-refractivity contribution in [3.63, 3.8) is 0 Å². The predicted octanol–water partition coefficient (Wildman–Crippen LogP) is 11.8. The molecule has 0 aliphatic rings. The Kier molecular flexibility index (Phi) is 19.0. The number of hydrogen-bond donors (Lipinski definition) is 1. The molecule has 290 valence electrons.